The number of hydrogen-bond acceptors (Lipinski definition) is 4. The first-order chi connectivity index (χ1) is 9.85. The lowest BCUT2D eigenvalue weighted by Crippen LogP contribution is -1.99. The molecule has 0 bridgehead atoms. The van der Waals surface area contributed by atoms with Crippen molar-refractivity contribution in [2.75, 3.05) is 13.2 Å². The fraction of sp³-hybridized carbons (Fsp3) is 0.600. The van der Waals surface area contributed by atoms with E-state index in [4.69, 9.17) is 20.4 Å². The van der Waals surface area contributed by atoms with Crippen LogP contribution in [-0.4, -0.2) is 45.6 Å². The Kier molecular flexibility index (Phi) is 24.0. The van der Waals surface area contributed by atoms with Gasteiger partial charge in [-0.1, -0.05) is 39.3 Å². The molecule has 21 heavy (non-hydrogen) atoms. The van der Waals surface area contributed by atoms with E-state index >= 15 is 0 Å². The highest BCUT2D eigenvalue weighted by molar-refractivity contribution is 5.79. The fourth-order valence-corrected chi connectivity index (χ4v) is 1.05. The minimum absolute atomic E-state index is 0.306. The molecule has 6 nitrogen and oxygen atoms in total. The van der Waals surface area contributed by atoms with Crippen LogP contribution in [0.3, 0.4) is 0 Å². The topological polar surface area (TPSA) is 115 Å². The van der Waals surface area contributed by atoms with Gasteiger partial charge < -0.3 is 20.4 Å². The zero-order valence-electron chi connectivity index (χ0n) is 12.7. The van der Waals surface area contributed by atoms with Crippen LogP contribution < -0.4 is 0 Å². The van der Waals surface area contributed by atoms with Crippen molar-refractivity contribution < 1.29 is 30.0 Å². The molecule has 6 heteroatoms. The second-order valence-corrected chi connectivity index (χ2v) is 4.30. The van der Waals surface area contributed by atoms with Gasteiger partial charge in [-0.25, -0.2) is 9.59 Å². The van der Waals surface area contributed by atoms with Gasteiger partial charge in [0.2, 0.25) is 0 Å². The van der Waals surface area contributed by atoms with Gasteiger partial charge in [0, 0.05) is 25.4 Å². The minimum Gasteiger partial charge on any atom is -0.478 e. The zero-order valence-corrected chi connectivity index (χ0v) is 12.7. The molecule has 1 unspecified atom stereocenters. The summed E-state index contributed by atoms with van der Waals surface area (Å²) < 4.78 is 0. The first kappa shape index (κ1) is 24.4. The molecule has 0 fully saturated rings. The number of hydrogen-bond donors (Lipinski definition) is 4. The Bertz CT molecular complexity index is 257. The molecular formula is C15H28O6. The third-order valence-corrected chi connectivity index (χ3v) is 2.27. The van der Waals surface area contributed by atoms with E-state index in [1.807, 2.05) is 0 Å². The van der Waals surface area contributed by atoms with Crippen molar-refractivity contribution in [2.45, 2.75) is 39.0 Å². The summed E-state index contributed by atoms with van der Waals surface area (Å²) in [5.74, 6) is -1.51. The molecule has 4 N–H and O–H groups in total. The molecule has 0 aromatic carbocycles. The van der Waals surface area contributed by atoms with E-state index in [0.29, 0.717) is 19.1 Å². The highest BCUT2D eigenvalue weighted by Gasteiger charge is 1.98. The first-order valence-corrected chi connectivity index (χ1v) is 6.78. The van der Waals surface area contributed by atoms with Crippen molar-refractivity contribution in [3.63, 3.8) is 0 Å². The van der Waals surface area contributed by atoms with Crippen molar-refractivity contribution in [3.8, 4) is 0 Å². The van der Waals surface area contributed by atoms with Crippen molar-refractivity contribution in [1.29, 1.82) is 0 Å². The number of aliphatic carboxylic acids is 2. The van der Waals surface area contributed by atoms with Gasteiger partial charge in [-0.15, -0.1) is 0 Å². The molecule has 0 aliphatic heterocycles. The average molecular weight is 304 g/mol. The van der Waals surface area contributed by atoms with Crippen LogP contribution in [0.15, 0.2) is 25.3 Å². The molecule has 0 saturated heterocycles. The quantitative estimate of drug-likeness (QED) is 0.383. The van der Waals surface area contributed by atoms with Gasteiger partial charge >= 0.3 is 11.9 Å². The van der Waals surface area contributed by atoms with Gasteiger partial charge in [0.05, 0.1) is 0 Å². The Morgan fingerprint density at radius 2 is 1.33 bits per heavy atom. The van der Waals surface area contributed by atoms with E-state index < -0.39 is 11.9 Å². The SMILES string of the molecule is C=CC(=O)O.C=CC(=O)O.CC(CO)CCCCCCO. The third-order valence-electron chi connectivity index (χ3n) is 2.27. The number of aliphatic hydroxyl groups is 2. The molecule has 124 valence electrons. The average Bonchev–Trinajstić information content (AvgIpc) is 2.47. The number of unbranched alkanes of at least 4 members (excludes halogenated alkanes) is 3. The van der Waals surface area contributed by atoms with Crippen LogP contribution in [0.2, 0.25) is 0 Å². The van der Waals surface area contributed by atoms with Crippen LogP contribution in [0.1, 0.15) is 39.0 Å². The molecule has 0 aliphatic carbocycles. The first-order valence-electron chi connectivity index (χ1n) is 6.78. The summed E-state index contributed by atoms with van der Waals surface area (Å²) in [6.07, 6.45) is 7.19. The largest absolute Gasteiger partial charge is 0.478 e. The summed E-state index contributed by atoms with van der Waals surface area (Å²) >= 11 is 0. The molecule has 0 saturated carbocycles. The lowest BCUT2D eigenvalue weighted by atomic mass is 10.0. The van der Waals surface area contributed by atoms with Crippen LogP contribution >= 0.6 is 0 Å². The molecule has 0 heterocycles. The summed E-state index contributed by atoms with van der Waals surface area (Å²) in [6, 6.07) is 0. The van der Waals surface area contributed by atoms with E-state index in [-0.39, 0.29) is 0 Å². The van der Waals surface area contributed by atoms with Gasteiger partial charge in [0.15, 0.2) is 0 Å². The fourth-order valence-electron chi connectivity index (χ4n) is 1.05. The molecule has 0 rings (SSSR count). The summed E-state index contributed by atoms with van der Waals surface area (Å²) in [7, 11) is 0. The van der Waals surface area contributed by atoms with Gasteiger partial charge in [-0.3, -0.25) is 0 Å². The molecule has 0 amide bonds. The smallest absolute Gasteiger partial charge is 0.327 e. The molecule has 0 aromatic rings. The number of aliphatic hydroxyl groups excluding tert-OH is 2. The second kappa shape index (κ2) is 20.7. The maximum atomic E-state index is 9.25. The van der Waals surface area contributed by atoms with Crippen LogP contribution in [-0.2, 0) is 9.59 Å². The molecular weight excluding hydrogens is 276 g/mol. The predicted octanol–water partition coefficient (Wildman–Crippen LogP) is 2.07. The summed E-state index contributed by atoms with van der Waals surface area (Å²) in [5, 5.41) is 32.4. The van der Waals surface area contributed by atoms with E-state index in [9.17, 15) is 9.59 Å². The van der Waals surface area contributed by atoms with E-state index in [0.717, 1.165) is 31.4 Å². The zero-order chi connectivity index (χ0) is 17.1. The standard InChI is InChI=1S/C9H20O2.2C3H4O2/c1-9(8-11)6-4-2-3-5-7-10;2*1-2-3(4)5/h9-11H,2-8H2,1H3;2*2H,1H2,(H,4,5). The lowest BCUT2D eigenvalue weighted by Gasteiger charge is -2.05. The minimum atomic E-state index is -0.981. The second-order valence-electron chi connectivity index (χ2n) is 4.30. The number of rotatable bonds is 9. The third kappa shape index (κ3) is 38.1. The Morgan fingerprint density at radius 1 is 0.952 bits per heavy atom. The Balaban J connectivity index is -0.000000270. The molecule has 0 aliphatic rings. The Hall–Kier alpha value is -1.66. The summed E-state index contributed by atoms with van der Waals surface area (Å²) in [5.41, 5.74) is 0. The number of carbonyl (C=O) groups is 2. The molecule has 0 radical (unpaired) electrons. The van der Waals surface area contributed by atoms with Gasteiger partial charge in [-0.05, 0) is 18.8 Å². The molecule has 0 aromatic heterocycles. The van der Waals surface area contributed by atoms with Crippen LogP contribution in [0.4, 0.5) is 0 Å². The highest BCUT2D eigenvalue weighted by Crippen LogP contribution is 2.09. The monoisotopic (exact) mass is 304 g/mol. The van der Waals surface area contributed by atoms with Crippen LogP contribution in [0.5, 0.6) is 0 Å². The van der Waals surface area contributed by atoms with Gasteiger partial charge in [-0.2, -0.15) is 0 Å². The van der Waals surface area contributed by atoms with Crippen molar-refractivity contribution in [2.24, 2.45) is 5.92 Å². The summed E-state index contributed by atoms with van der Waals surface area (Å²) in [6.45, 7) is 8.60. The normalized spacial score (nSPS) is 10.0. The van der Waals surface area contributed by atoms with E-state index in [1.54, 1.807) is 0 Å². The van der Waals surface area contributed by atoms with Gasteiger partial charge in [0.1, 0.15) is 0 Å². The van der Waals surface area contributed by atoms with Crippen molar-refractivity contribution in [3.05, 3.63) is 25.3 Å². The van der Waals surface area contributed by atoms with Crippen molar-refractivity contribution in [1.82, 2.24) is 0 Å². The highest BCUT2D eigenvalue weighted by atomic mass is 16.4. The lowest BCUT2D eigenvalue weighted by molar-refractivity contribution is -0.132. The molecule has 0 spiro atoms. The van der Waals surface area contributed by atoms with E-state index in [1.165, 1.54) is 12.8 Å². The van der Waals surface area contributed by atoms with Crippen LogP contribution in [0, 0.1) is 5.92 Å². The molecule has 1 atom stereocenters. The predicted molar refractivity (Wildman–Crippen MR) is 82.1 cm³/mol. The number of carboxylic acid groups (broad SMARTS) is 2. The van der Waals surface area contributed by atoms with Crippen molar-refractivity contribution >= 4 is 11.9 Å². The maximum Gasteiger partial charge on any atom is 0.327 e. The Labute approximate surface area is 126 Å². The van der Waals surface area contributed by atoms with Crippen LogP contribution in [0.25, 0.3) is 0 Å². The number of carboxylic acids is 2. The Morgan fingerprint density at radius 3 is 1.62 bits per heavy atom. The van der Waals surface area contributed by atoms with Gasteiger partial charge in [0.25, 0.3) is 0 Å². The maximum absolute atomic E-state index is 9.25. The summed E-state index contributed by atoms with van der Waals surface area (Å²) in [4.78, 5) is 18.5. The van der Waals surface area contributed by atoms with E-state index in [2.05, 4.69) is 20.1 Å².